The van der Waals surface area contributed by atoms with Gasteiger partial charge >= 0.3 is 5.97 Å². The summed E-state index contributed by atoms with van der Waals surface area (Å²) in [4.78, 5) is 37.9. The summed E-state index contributed by atoms with van der Waals surface area (Å²) in [6.07, 6.45) is 3.61. The zero-order valence-electron chi connectivity index (χ0n) is 19.4. The monoisotopic (exact) mass is 438 g/mol. The maximum absolute atomic E-state index is 13.1. The van der Waals surface area contributed by atoms with Crippen molar-refractivity contribution < 1.29 is 19.1 Å². The van der Waals surface area contributed by atoms with Crippen LogP contribution in [0.3, 0.4) is 0 Å². The number of benzene rings is 2. The predicted molar refractivity (Wildman–Crippen MR) is 127 cm³/mol. The lowest BCUT2D eigenvalue weighted by molar-refractivity contribution is -0.119. The van der Waals surface area contributed by atoms with Crippen LogP contribution in [0.5, 0.6) is 0 Å². The maximum Gasteiger partial charge on any atom is 0.338 e. The third-order valence-electron chi connectivity index (χ3n) is 5.51. The molecule has 0 aromatic heterocycles. The molecule has 0 fully saturated rings. The minimum Gasteiger partial charge on any atom is -0.462 e. The van der Waals surface area contributed by atoms with Crippen molar-refractivity contribution >= 4 is 23.5 Å². The number of amides is 2. The molecule has 2 N–H and O–H groups in total. The minimum atomic E-state index is -0.684. The lowest BCUT2D eigenvalue weighted by Crippen LogP contribution is -2.47. The van der Waals surface area contributed by atoms with Crippen molar-refractivity contribution in [2.75, 3.05) is 11.9 Å². The van der Waals surface area contributed by atoms with Crippen LogP contribution in [0.15, 0.2) is 48.5 Å². The molecule has 2 atom stereocenters. The number of unbranched alkanes of at least 4 members (excludes halogenated alkanes) is 1. The second kappa shape index (κ2) is 12.6. The molecule has 32 heavy (non-hydrogen) atoms. The molecule has 0 saturated carbocycles. The Balaban J connectivity index is 2.14. The van der Waals surface area contributed by atoms with Crippen molar-refractivity contribution in [2.45, 2.75) is 59.4 Å². The summed E-state index contributed by atoms with van der Waals surface area (Å²) >= 11 is 0. The van der Waals surface area contributed by atoms with Gasteiger partial charge in [-0.3, -0.25) is 9.59 Å². The molecule has 2 aromatic carbocycles. The Labute approximate surface area is 190 Å². The van der Waals surface area contributed by atoms with Gasteiger partial charge in [-0.1, -0.05) is 51.8 Å². The van der Waals surface area contributed by atoms with Crippen LogP contribution in [0.4, 0.5) is 5.69 Å². The van der Waals surface area contributed by atoms with Gasteiger partial charge in [-0.15, -0.1) is 0 Å². The molecule has 2 rings (SSSR count). The Morgan fingerprint density at radius 3 is 2.28 bits per heavy atom. The van der Waals surface area contributed by atoms with Crippen molar-refractivity contribution in [2.24, 2.45) is 5.92 Å². The molecule has 2 aromatic rings. The van der Waals surface area contributed by atoms with E-state index in [0.717, 1.165) is 31.2 Å². The fourth-order valence-corrected chi connectivity index (χ4v) is 3.37. The van der Waals surface area contributed by atoms with Gasteiger partial charge < -0.3 is 15.4 Å². The smallest absolute Gasteiger partial charge is 0.338 e. The van der Waals surface area contributed by atoms with Crippen molar-refractivity contribution in [1.29, 1.82) is 0 Å². The number of carbonyl (C=O) groups excluding carboxylic acids is 3. The van der Waals surface area contributed by atoms with Gasteiger partial charge in [0.05, 0.1) is 12.2 Å². The molecule has 0 heterocycles. The second-order valence-electron chi connectivity index (χ2n) is 7.88. The Morgan fingerprint density at radius 2 is 1.66 bits per heavy atom. The van der Waals surface area contributed by atoms with Crippen LogP contribution in [-0.2, 0) is 16.0 Å². The summed E-state index contributed by atoms with van der Waals surface area (Å²) in [5.74, 6) is -0.991. The number of aryl methyl sites for hydroxylation is 1. The molecule has 0 bridgehead atoms. The molecule has 0 saturated heterocycles. The summed E-state index contributed by atoms with van der Waals surface area (Å²) < 4.78 is 4.98. The van der Waals surface area contributed by atoms with Crippen LogP contribution in [0.2, 0.25) is 0 Å². The SMILES string of the molecule is CCCCc1ccccc1C(=O)N[C@H](C(=O)Nc1ccc(C(=O)OCC)cc1)[C@@H](C)CC. The van der Waals surface area contributed by atoms with Gasteiger partial charge in [-0.2, -0.15) is 0 Å². The Hall–Kier alpha value is -3.15. The highest BCUT2D eigenvalue weighted by molar-refractivity contribution is 6.02. The molecule has 2 amide bonds. The minimum absolute atomic E-state index is 0.0550. The number of ether oxygens (including phenoxy) is 1. The van der Waals surface area contributed by atoms with Gasteiger partial charge in [-0.25, -0.2) is 4.79 Å². The zero-order valence-corrected chi connectivity index (χ0v) is 19.4. The van der Waals surface area contributed by atoms with Crippen LogP contribution in [0.25, 0.3) is 0 Å². The molecule has 6 heteroatoms. The number of carbonyl (C=O) groups is 3. The molecular formula is C26H34N2O4. The molecule has 0 radical (unpaired) electrons. The normalized spacial score (nSPS) is 12.5. The number of hydrogen-bond donors (Lipinski definition) is 2. The van der Waals surface area contributed by atoms with Crippen molar-refractivity contribution in [3.05, 3.63) is 65.2 Å². The molecule has 0 unspecified atom stereocenters. The number of esters is 1. The van der Waals surface area contributed by atoms with E-state index in [4.69, 9.17) is 4.74 Å². The van der Waals surface area contributed by atoms with Crippen molar-refractivity contribution in [3.8, 4) is 0 Å². The van der Waals surface area contributed by atoms with Crippen LogP contribution in [0.1, 0.15) is 73.2 Å². The largest absolute Gasteiger partial charge is 0.462 e. The number of hydrogen-bond acceptors (Lipinski definition) is 4. The third-order valence-corrected chi connectivity index (χ3v) is 5.51. The Bertz CT molecular complexity index is 908. The summed E-state index contributed by atoms with van der Waals surface area (Å²) in [5.41, 5.74) is 2.57. The van der Waals surface area contributed by atoms with Crippen molar-refractivity contribution in [3.63, 3.8) is 0 Å². The van der Waals surface area contributed by atoms with E-state index in [-0.39, 0.29) is 17.7 Å². The van der Waals surface area contributed by atoms with E-state index in [0.29, 0.717) is 23.4 Å². The van der Waals surface area contributed by atoms with Crippen LogP contribution < -0.4 is 10.6 Å². The van der Waals surface area contributed by atoms with Crippen LogP contribution in [0, 0.1) is 5.92 Å². The third kappa shape index (κ3) is 6.94. The maximum atomic E-state index is 13.1. The average molecular weight is 439 g/mol. The quantitative estimate of drug-likeness (QED) is 0.484. The average Bonchev–Trinajstić information content (AvgIpc) is 2.81. The first-order valence-corrected chi connectivity index (χ1v) is 11.4. The highest BCUT2D eigenvalue weighted by Gasteiger charge is 2.27. The Kier molecular flexibility index (Phi) is 9.92. The molecule has 6 nitrogen and oxygen atoms in total. The molecule has 0 spiro atoms. The highest BCUT2D eigenvalue weighted by atomic mass is 16.5. The van der Waals surface area contributed by atoms with Gasteiger partial charge in [0.1, 0.15) is 6.04 Å². The molecular weight excluding hydrogens is 404 g/mol. The van der Waals surface area contributed by atoms with E-state index in [1.807, 2.05) is 32.0 Å². The predicted octanol–water partition coefficient (Wildman–Crippen LogP) is 4.99. The van der Waals surface area contributed by atoms with E-state index in [1.54, 1.807) is 37.3 Å². The first-order chi connectivity index (χ1) is 15.4. The lowest BCUT2D eigenvalue weighted by Gasteiger charge is -2.24. The Morgan fingerprint density at radius 1 is 0.969 bits per heavy atom. The standard InChI is InChI=1S/C26H34N2O4/c1-5-8-11-19-12-9-10-13-22(19)24(29)28-23(18(4)6-2)25(30)27-21-16-14-20(15-17-21)26(31)32-7-3/h9-10,12-18,23H,5-8,11H2,1-4H3,(H,27,30)(H,28,29)/t18-,23-/m0/s1. The van der Waals surface area contributed by atoms with Crippen molar-refractivity contribution in [1.82, 2.24) is 5.32 Å². The molecule has 172 valence electrons. The molecule has 0 aliphatic rings. The molecule has 0 aliphatic carbocycles. The molecule has 0 aliphatic heterocycles. The topological polar surface area (TPSA) is 84.5 Å². The number of anilines is 1. The van der Waals surface area contributed by atoms with E-state index in [9.17, 15) is 14.4 Å². The van der Waals surface area contributed by atoms with E-state index >= 15 is 0 Å². The summed E-state index contributed by atoms with van der Waals surface area (Å²) in [6.45, 7) is 8.09. The number of rotatable bonds is 11. The second-order valence-corrected chi connectivity index (χ2v) is 7.88. The van der Waals surface area contributed by atoms with E-state index in [2.05, 4.69) is 17.6 Å². The first-order valence-electron chi connectivity index (χ1n) is 11.4. The van der Waals surface area contributed by atoms with Gasteiger partial charge in [0, 0.05) is 11.3 Å². The van der Waals surface area contributed by atoms with Gasteiger partial charge in [0.25, 0.3) is 5.91 Å². The van der Waals surface area contributed by atoms with Crippen LogP contribution in [-0.4, -0.2) is 30.4 Å². The highest BCUT2D eigenvalue weighted by Crippen LogP contribution is 2.17. The van der Waals surface area contributed by atoms with Crippen LogP contribution >= 0.6 is 0 Å². The summed E-state index contributed by atoms with van der Waals surface area (Å²) in [5, 5.41) is 5.80. The van der Waals surface area contributed by atoms with Gasteiger partial charge in [-0.05, 0) is 61.6 Å². The van der Waals surface area contributed by atoms with Gasteiger partial charge in [0.2, 0.25) is 5.91 Å². The number of nitrogens with one attached hydrogen (secondary N) is 2. The fraction of sp³-hybridized carbons (Fsp3) is 0.423. The zero-order chi connectivity index (χ0) is 23.5. The fourth-order valence-electron chi connectivity index (χ4n) is 3.37. The van der Waals surface area contributed by atoms with Gasteiger partial charge in [0.15, 0.2) is 0 Å². The summed E-state index contributed by atoms with van der Waals surface area (Å²) in [7, 11) is 0. The lowest BCUT2D eigenvalue weighted by atomic mass is 9.96. The summed E-state index contributed by atoms with van der Waals surface area (Å²) in [6, 6.07) is 13.4. The van der Waals surface area contributed by atoms with E-state index in [1.165, 1.54) is 0 Å². The van der Waals surface area contributed by atoms with E-state index < -0.39 is 12.0 Å². The first kappa shape index (κ1) is 25.1.